The van der Waals surface area contributed by atoms with Gasteiger partial charge in [-0.25, -0.2) is 4.98 Å². The van der Waals surface area contributed by atoms with Crippen LogP contribution in [0.5, 0.6) is 17.4 Å². The zero-order valence-electron chi connectivity index (χ0n) is 14.6. The van der Waals surface area contributed by atoms with Gasteiger partial charge in [-0.05, 0) is 54.6 Å². The first-order chi connectivity index (χ1) is 13.9. The van der Waals surface area contributed by atoms with Crippen molar-refractivity contribution >= 4 is 0 Å². The molecular weight excluding hydrogens is 387 g/mol. The van der Waals surface area contributed by atoms with Crippen LogP contribution in [0.3, 0.4) is 0 Å². The third-order valence-corrected chi connectivity index (χ3v) is 3.94. The van der Waals surface area contributed by atoms with E-state index in [1.165, 1.54) is 30.5 Å². The van der Waals surface area contributed by atoms with E-state index in [1.807, 2.05) is 0 Å². The van der Waals surface area contributed by atoms with Crippen LogP contribution in [0.2, 0.25) is 0 Å². The van der Waals surface area contributed by atoms with Crippen LogP contribution in [0, 0.1) is 0 Å². The highest BCUT2D eigenvalue weighted by atomic mass is 19.4. The number of aromatic hydroxyl groups is 1. The average molecular weight is 399 g/mol. The van der Waals surface area contributed by atoms with Gasteiger partial charge >= 0.3 is 6.18 Å². The van der Waals surface area contributed by atoms with Gasteiger partial charge in [0.05, 0.1) is 5.56 Å². The Morgan fingerprint density at radius 2 is 1.55 bits per heavy atom. The number of phenolic OH excluding ortho intramolecular Hbond substituents is 1. The fourth-order valence-electron chi connectivity index (χ4n) is 2.47. The van der Waals surface area contributed by atoms with Crippen molar-refractivity contribution in [3.63, 3.8) is 0 Å². The molecule has 9 heteroatoms. The summed E-state index contributed by atoms with van der Waals surface area (Å²) < 4.78 is 48.5. The predicted molar refractivity (Wildman–Crippen MR) is 96.1 cm³/mol. The number of rotatable bonds is 4. The van der Waals surface area contributed by atoms with E-state index >= 15 is 0 Å². The highest BCUT2D eigenvalue weighted by Crippen LogP contribution is 2.31. The minimum Gasteiger partial charge on any atom is -0.508 e. The minimum atomic E-state index is -4.40. The largest absolute Gasteiger partial charge is 0.508 e. The molecular formula is C20H12F3N3O3. The number of phenols is 1. The smallest absolute Gasteiger partial charge is 0.416 e. The number of hydrogen-bond acceptors (Lipinski definition) is 6. The number of alkyl halides is 3. The van der Waals surface area contributed by atoms with Gasteiger partial charge in [0.25, 0.3) is 5.89 Å². The lowest BCUT2D eigenvalue weighted by Gasteiger charge is -2.08. The fourth-order valence-corrected chi connectivity index (χ4v) is 2.47. The number of ether oxygens (including phenoxy) is 1. The summed E-state index contributed by atoms with van der Waals surface area (Å²) in [7, 11) is 0. The Hall–Kier alpha value is -3.88. The van der Waals surface area contributed by atoms with Crippen molar-refractivity contribution in [1.82, 2.24) is 15.1 Å². The molecule has 4 aromatic rings. The molecule has 2 aromatic heterocycles. The van der Waals surface area contributed by atoms with Crippen LogP contribution in [0.15, 0.2) is 71.4 Å². The van der Waals surface area contributed by atoms with Gasteiger partial charge in [-0.3, -0.25) is 0 Å². The number of pyridine rings is 1. The van der Waals surface area contributed by atoms with Crippen molar-refractivity contribution in [1.29, 1.82) is 0 Å². The molecule has 0 aliphatic rings. The van der Waals surface area contributed by atoms with E-state index in [1.54, 1.807) is 24.3 Å². The predicted octanol–water partition coefficient (Wildman–Crippen LogP) is 5.32. The van der Waals surface area contributed by atoms with Crippen LogP contribution in [-0.4, -0.2) is 20.2 Å². The maximum absolute atomic E-state index is 12.6. The minimum absolute atomic E-state index is 0.126. The van der Waals surface area contributed by atoms with Gasteiger partial charge in [0.1, 0.15) is 11.5 Å². The van der Waals surface area contributed by atoms with Gasteiger partial charge in [0.15, 0.2) is 0 Å². The molecule has 0 atom stereocenters. The van der Waals surface area contributed by atoms with Gasteiger partial charge in [0.2, 0.25) is 11.7 Å². The van der Waals surface area contributed by atoms with E-state index in [9.17, 15) is 18.3 Å². The number of aromatic nitrogens is 3. The molecule has 29 heavy (non-hydrogen) atoms. The molecule has 0 aliphatic carbocycles. The van der Waals surface area contributed by atoms with Crippen LogP contribution in [0.25, 0.3) is 22.8 Å². The van der Waals surface area contributed by atoms with Crippen molar-refractivity contribution in [2.24, 2.45) is 0 Å². The standard InChI is InChI=1S/C20H12F3N3O3/c21-20(22,23)14-4-8-16(9-5-14)28-17-10-3-13(11-24-17)18-25-19(29-26-18)12-1-6-15(27)7-2-12/h1-11,27H. The molecule has 0 saturated carbocycles. The molecule has 0 fully saturated rings. The molecule has 6 nitrogen and oxygen atoms in total. The molecule has 2 aromatic carbocycles. The Morgan fingerprint density at radius 1 is 0.862 bits per heavy atom. The Kier molecular flexibility index (Phi) is 4.63. The number of hydrogen-bond donors (Lipinski definition) is 1. The first-order valence-corrected chi connectivity index (χ1v) is 8.33. The van der Waals surface area contributed by atoms with Crippen LogP contribution >= 0.6 is 0 Å². The highest BCUT2D eigenvalue weighted by Gasteiger charge is 2.30. The summed E-state index contributed by atoms with van der Waals surface area (Å²) in [4.78, 5) is 8.40. The van der Waals surface area contributed by atoms with Crippen LogP contribution in [0.4, 0.5) is 13.2 Å². The number of halogens is 3. The molecule has 0 amide bonds. The molecule has 0 radical (unpaired) electrons. The monoisotopic (exact) mass is 399 g/mol. The van der Waals surface area contributed by atoms with Crippen molar-refractivity contribution in [2.75, 3.05) is 0 Å². The van der Waals surface area contributed by atoms with Gasteiger partial charge in [-0.1, -0.05) is 5.16 Å². The topological polar surface area (TPSA) is 81.3 Å². The summed E-state index contributed by atoms with van der Waals surface area (Å²) in [6.07, 6.45) is -2.94. The molecule has 0 bridgehead atoms. The van der Waals surface area contributed by atoms with Crippen molar-refractivity contribution < 1.29 is 27.5 Å². The van der Waals surface area contributed by atoms with E-state index < -0.39 is 11.7 Å². The molecule has 1 N–H and O–H groups in total. The van der Waals surface area contributed by atoms with Crippen LogP contribution in [-0.2, 0) is 6.18 Å². The molecule has 146 valence electrons. The summed E-state index contributed by atoms with van der Waals surface area (Å²) >= 11 is 0. The Bertz CT molecular complexity index is 1110. The van der Waals surface area contributed by atoms with Gasteiger partial charge < -0.3 is 14.4 Å². The first-order valence-electron chi connectivity index (χ1n) is 8.33. The summed E-state index contributed by atoms with van der Waals surface area (Å²) in [5.41, 5.74) is 0.463. The van der Waals surface area contributed by atoms with E-state index in [4.69, 9.17) is 9.26 Å². The highest BCUT2D eigenvalue weighted by molar-refractivity contribution is 5.59. The molecule has 0 saturated heterocycles. The zero-order chi connectivity index (χ0) is 20.4. The van der Waals surface area contributed by atoms with E-state index in [0.717, 1.165) is 12.1 Å². The second-order valence-electron chi connectivity index (χ2n) is 5.98. The van der Waals surface area contributed by atoms with Crippen molar-refractivity contribution in [3.8, 4) is 40.2 Å². The number of nitrogens with zero attached hydrogens (tertiary/aromatic N) is 3. The molecule has 2 heterocycles. The van der Waals surface area contributed by atoms with Crippen molar-refractivity contribution in [2.45, 2.75) is 6.18 Å². The van der Waals surface area contributed by atoms with Gasteiger partial charge in [-0.2, -0.15) is 18.2 Å². The average Bonchev–Trinajstić information content (AvgIpc) is 3.19. The SMILES string of the molecule is Oc1ccc(-c2nc(-c3ccc(Oc4ccc(C(F)(F)F)cc4)nc3)no2)cc1. The van der Waals surface area contributed by atoms with E-state index in [0.29, 0.717) is 17.0 Å². The Morgan fingerprint density at radius 3 is 2.17 bits per heavy atom. The fraction of sp³-hybridized carbons (Fsp3) is 0.0500. The molecule has 0 aliphatic heterocycles. The Labute approximate surface area is 162 Å². The maximum atomic E-state index is 12.6. The van der Waals surface area contributed by atoms with E-state index in [-0.39, 0.29) is 23.3 Å². The lowest BCUT2D eigenvalue weighted by atomic mass is 10.2. The second kappa shape index (κ2) is 7.27. The zero-order valence-corrected chi connectivity index (χ0v) is 14.6. The first kappa shape index (κ1) is 18.5. The third kappa shape index (κ3) is 4.18. The summed E-state index contributed by atoms with van der Waals surface area (Å²) in [6, 6.07) is 13.8. The summed E-state index contributed by atoms with van der Waals surface area (Å²) in [5.74, 6) is 1.15. The lowest BCUT2D eigenvalue weighted by Crippen LogP contribution is -2.04. The quantitative estimate of drug-likeness (QED) is 0.501. The lowest BCUT2D eigenvalue weighted by molar-refractivity contribution is -0.137. The second-order valence-corrected chi connectivity index (χ2v) is 5.98. The number of benzene rings is 2. The van der Waals surface area contributed by atoms with Crippen molar-refractivity contribution in [3.05, 3.63) is 72.4 Å². The van der Waals surface area contributed by atoms with Crippen LogP contribution < -0.4 is 4.74 Å². The normalized spacial score (nSPS) is 11.4. The van der Waals surface area contributed by atoms with E-state index in [2.05, 4.69) is 15.1 Å². The summed E-state index contributed by atoms with van der Waals surface area (Å²) in [6.45, 7) is 0. The van der Waals surface area contributed by atoms with Gasteiger partial charge in [-0.15, -0.1) is 0 Å². The van der Waals surface area contributed by atoms with Gasteiger partial charge in [0, 0.05) is 23.4 Å². The molecule has 4 rings (SSSR count). The summed E-state index contributed by atoms with van der Waals surface area (Å²) in [5, 5.41) is 13.2. The molecule has 0 unspecified atom stereocenters. The Balaban J connectivity index is 1.47. The third-order valence-electron chi connectivity index (χ3n) is 3.94. The molecule has 0 spiro atoms. The maximum Gasteiger partial charge on any atom is 0.416 e. The van der Waals surface area contributed by atoms with Crippen LogP contribution in [0.1, 0.15) is 5.56 Å².